The predicted octanol–water partition coefficient (Wildman–Crippen LogP) is 4.04. The third-order valence-electron chi connectivity index (χ3n) is 4.45. The lowest BCUT2D eigenvalue weighted by Crippen LogP contribution is -2.16. The van der Waals surface area contributed by atoms with Crippen LogP contribution in [-0.2, 0) is 4.74 Å². The van der Waals surface area contributed by atoms with Crippen molar-refractivity contribution in [1.82, 2.24) is 4.98 Å². The van der Waals surface area contributed by atoms with Crippen molar-refractivity contribution in [1.29, 1.82) is 0 Å². The number of carbonyl (C=O) groups excluding carboxylic acids is 1. The molecule has 0 unspecified atom stereocenters. The van der Waals surface area contributed by atoms with Gasteiger partial charge in [0.05, 0.1) is 17.2 Å². The van der Waals surface area contributed by atoms with Gasteiger partial charge in [-0.1, -0.05) is 18.2 Å². The zero-order valence-electron chi connectivity index (χ0n) is 14.4. The van der Waals surface area contributed by atoms with Crippen LogP contribution in [0.25, 0.3) is 10.9 Å². The normalized spacial score (nSPS) is 16.5. The Morgan fingerprint density at radius 2 is 2.00 bits per heavy atom. The van der Waals surface area contributed by atoms with Crippen LogP contribution >= 0.6 is 0 Å². The van der Waals surface area contributed by atoms with Gasteiger partial charge >= 0.3 is 0 Å². The molecule has 3 aromatic rings. The molecule has 1 N–H and O–H groups in total. The molecule has 132 valence electrons. The molecule has 1 aromatic heterocycles. The number of hydrogen-bond acceptors (Lipinski definition) is 4. The number of para-hydroxylation sites is 1. The van der Waals surface area contributed by atoms with Crippen LogP contribution in [0, 0.1) is 0 Å². The quantitative estimate of drug-likeness (QED) is 0.756. The van der Waals surface area contributed by atoms with Gasteiger partial charge in [0.2, 0.25) is 0 Å². The zero-order chi connectivity index (χ0) is 17.8. The summed E-state index contributed by atoms with van der Waals surface area (Å²) in [5, 5.41) is 3.86. The summed E-state index contributed by atoms with van der Waals surface area (Å²) in [5.74, 6) is 0.590. The average molecular weight is 348 g/mol. The van der Waals surface area contributed by atoms with Crippen molar-refractivity contribution in [2.45, 2.75) is 18.9 Å². The first-order chi connectivity index (χ1) is 12.8. The Bertz CT molecular complexity index is 897. The predicted molar refractivity (Wildman–Crippen MR) is 101 cm³/mol. The second-order valence-corrected chi connectivity index (χ2v) is 6.31. The number of aromatic nitrogens is 1. The SMILES string of the molecule is O=C(Nc1ccc(OC[C@@H]2CCCO2)cc1)c1cccc2cccnc12. The summed E-state index contributed by atoms with van der Waals surface area (Å²) in [6, 6.07) is 16.8. The maximum atomic E-state index is 12.6. The van der Waals surface area contributed by atoms with Crippen molar-refractivity contribution in [2.24, 2.45) is 0 Å². The summed E-state index contributed by atoms with van der Waals surface area (Å²) in [6.45, 7) is 1.38. The molecule has 5 heteroatoms. The van der Waals surface area contributed by atoms with E-state index in [-0.39, 0.29) is 12.0 Å². The molecule has 1 fully saturated rings. The Morgan fingerprint density at radius 3 is 2.81 bits per heavy atom. The average Bonchev–Trinajstić information content (AvgIpc) is 3.20. The summed E-state index contributed by atoms with van der Waals surface area (Å²) in [4.78, 5) is 16.9. The van der Waals surface area contributed by atoms with Gasteiger partial charge in [-0.05, 0) is 49.2 Å². The van der Waals surface area contributed by atoms with Crippen molar-refractivity contribution < 1.29 is 14.3 Å². The lowest BCUT2D eigenvalue weighted by atomic mass is 10.1. The maximum Gasteiger partial charge on any atom is 0.257 e. The summed E-state index contributed by atoms with van der Waals surface area (Å²) >= 11 is 0. The molecule has 1 atom stereocenters. The van der Waals surface area contributed by atoms with Crippen molar-refractivity contribution in [3.05, 3.63) is 66.4 Å². The van der Waals surface area contributed by atoms with Crippen LogP contribution in [0.5, 0.6) is 5.75 Å². The van der Waals surface area contributed by atoms with Gasteiger partial charge in [-0.25, -0.2) is 0 Å². The first-order valence-corrected chi connectivity index (χ1v) is 8.79. The molecule has 2 aromatic carbocycles. The number of nitrogens with one attached hydrogen (secondary N) is 1. The summed E-state index contributed by atoms with van der Waals surface area (Å²) in [5.41, 5.74) is 1.97. The van der Waals surface area contributed by atoms with E-state index in [9.17, 15) is 4.79 Å². The number of amides is 1. The zero-order valence-corrected chi connectivity index (χ0v) is 14.4. The minimum atomic E-state index is -0.178. The van der Waals surface area contributed by atoms with Gasteiger partial charge in [0.15, 0.2) is 0 Å². The van der Waals surface area contributed by atoms with E-state index in [0.29, 0.717) is 23.4 Å². The number of fused-ring (bicyclic) bond motifs is 1. The van der Waals surface area contributed by atoms with Gasteiger partial charge in [0, 0.05) is 23.9 Å². The molecule has 0 aliphatic carbocycles. The van der Waals surface area contributed by atoms with E-state index in [4.69, 9.17) is 9.47 Å². The fraction of sp³-hybridized carbons (Fsp3) is 0.238. The molecule has 4 rings (SSSR count). The molecular weight excluding hydrogens is 328 g/mol. The molecular formula is C21H20N2O3. The number of nitrogens with zero attached hydrogens (tertiary/aromatic N) is 1. The molecule has 26 heavy (non-hydrogen) atoms. The summed E-state index contributed by atoms with van der Waals surface area (Å²) in [7, 11) is 0. The lowest BCUT2D eigenvalue weighted by molar-refractivity contribution is 0.0679. The fourth-order valence-electron chi connectivity index (χ4n) is 3.09. The van der Waals surface area contributed by atoms with Crippen LogP contribution in [0.15, 0.2) is 60.8 Å². The van der Waals surface area contributed by atoms with E-state index < -0.39 is 0 Å². The van der Waals surface area contributed by atoms with Crippen molar-refractivity contribution in [3.63, 3.8) is 0 Å². The molecule has 5 nitrogen and oxygen atoms in total. The minimum Gasteiger partial charge on any atom is -0.491 e. The highest BCUT2D eigenvalue weighted by molar-refractivity contribution is 6.11. The number of carbonyl (C=O) groups is 1. The summed E-state index contributed by atoms with van der Waals surface area (Å²) in [6.07, 6.45) is 4.03. The topological polar surface area (TPSA) is 60.5 Å². The largest absolute Gasteiger partial charge is 0.491 e. The molecule has 0 bridgehead atoms. The van der Waals surface area contributed by atoms with Crippen LogP contribution < -0.4 is 10.1 Å². The molecule has 0 radical (unpaired) electrons. The number of rotatable bonds is 5. The fourth-order valence-corrected chi connectivity index (χ4v) is 3.09. The number of hydrogen-bond donors (Lipinski definition) is 1. The van der Waals surface area contributed by atoms with Crippen LogP contribution in [0.4, 0.5) is 5.69 Å². The monoisotopic (exact) mass is 348 g/mol. The van der Waals surface area contributed by atoms with Crippen LogP contribution in [0.3, 0.4) is 0 Å². The van der Waals surface area contributed by atoms with E-state index in [1.165, 1.54) is 0 Å². The Hall–Kier alpha value is -2.92. The highest BCUT2D eigenvalue weighted by atomic mass is 16.5. The summed E-state index contributed by atoms with van der Waals surface area (Å²) < 4.78 is 11.3. The van der Waals surface area contributed by atoms with Crippen LogP contribution in [-0.4, -0.2) is 30.2 Å². The van der Waals surface area contributed by atoms with Crippen LogP contribution in [0.1, 0.15) is 23.2 Å². The van der Waals surface area contributed by atoms with Gasteiger partial charge in [0.25, 0.3) is 5.91 Å². The second-order valence-electron chi connectivity index (χ2n) is 6.31. The Kier molecular flexibility index (Phi) is 4.80. The van der Waals surface area contributed by atoms with Crippen molar-refractivity contribution in [2.75, 3.05) is 18.5 Å². The molecule has 1 amide bonds. The highest BCUT2D eigenvalue weighted by Crippen LogP contribution is 2.21. The van der Waals surface area contributed by atoms with E-state index in [2.05, 4.69) is 10.3 Å². The lowest BCUT2D eigenvalue weighted by Gasteiger charge is -2.12. The van der Waals surface area contributed by atoms with E-state index >= 15 is 0 Å². The van der Waals surface area contributed by atoms with Gasteiger partial charge in [-0.15, -0.1) is 0 Å². The molecule has 0 saturated carbocycles. The van der Waals surface area contributed by atoms with Gasteiger partial charge in [-0.3, -0.25) is 9.78 Å². The van der Waals surface area contributed by atoms with Gasteiger partial charge in [-0.2, -0.15) is 0 Å². The van der Waals surface area contributed by atoms with Gasteiger partial charge in [0.1, 0.15) is 12.4 Å². The van der Waals surface area contributed by atoms with E-state index in [1.807, 2.05) is 48.5 Å². The number of anilines is 1. The second kappa shape index (κ2) is 7.54. The van der Waals surface area contributed by atoms with Crippen molar-refractivity contribution in [3.8, 4) is 5.75 Å². The third-order valence-corrected chi connectivity index (χ3v) is 4.45. The smallest absolute Gasteiger partial charge is 0.257 e. The van der Waals surface area contributed by atoms with Gasteiger partial charge < -0.3 is 14.8 Å². The number of benzene rings is 2. The Balaban J connectivity index is 1.42. The van der Waals surface area contributed by atoms with Crippen LogP contribution in [0.2, 0.25) is 0 Å². The molecule has 1 saturated heterocycles. The standard InChI is InChI=1S/C21H20N2O3/c24-21(19-7-1-4-15-5-2-12-22-20(15)19)23-16-8-10-17(11-9-16)26-14-18-6-3-13-25-18/h1-2,4-5,7-12,18H,3,6,13-14H2,(H,23,24)/t18-/m0/s1. The van der Waals surface area contributed by atoms with E-state index in [1.54, 1.807) is 12.3 Å². The van der Waals surface area contributed by atoms with Crippen molar-refractivity contribution >= 4 is 22.5 Å². The molecule has 1 aliphatic rings. The molecule has 0 spiro atoms. The first-order valence-electron chi connectivity index (χ1n) is 8.79. The first kappa shape index (κ1) is 16.5. The molecule has 2 heterocycles. The maximum absolute atomic E-state index is 12.6. The third kappa shape index (κ3) is 3.68. The minimum absolute atomic E-state index is 0.178. The Morgan fingerprint density at radius 1 is 1.15 bits per heavy atom. The molecule has 1 aliphatic heterocycles. The Labute approximate surface area is 152 Å². The highest BCUT2D eigenvalue weighted by Gasteiger charge is 2.16. The number of pyridine rings is 1. The number of ether oxygens (including phenoxy) is 2. The van der Waals surface area contributed by atoms with E-state index in [0.717, 1.165) is 30.6 Å².